The molecule has 1 aliphatic heterocycles. The summed E-state index contributed by atoms with van der Waals surface area (Å²) in [6.45, 7) is 3.89. The number of carbonyl (C=O) groups is 3. The van der Waals surface area contributed by atoms with Crippen LogP contribution in [0.3, 0.4) is 0 Å². The van der Waals surface area contributed by atoms with E-state index in [1.807, 2.05) is 24.3 Å². The van der Waals surface area contributed by atoms with Crippen LogP contribution in [0.5, 0.6) is 0 Å². The van der Waals surface area contributed by atoms with E-state index in [1.54, 1.807) is 13.8 Å². The Morgan fingerprint density at radius 3 is 2.26 bits per heavy atom. The average Bonchev–Trinajstić information content (AvgIpc) is 3.38. The molecule has 1 atom stereocenters. The van der Waals surface area contributed by atoms with E-state index >= 15 is 0 Å². The van der Waals surface area contributed by atoms with Crippen molar-refractivity contribution in [3.63, 3.8) is 0 Å². The Morgan fingerprint density at radius 1 is 1.09 bits per heavy atom. The van der Waals surface area contributed by atoms with Gasteiger partial charge in [0.1, 0.15) is 6.61 Å². The number of ether oxygens (including phenoxy) is 2. The van der Waals surface area contributed by atoms with Crippen molar-refractivity contribution in [2.45, 2.75) is 50.1 Å². The average molecular weight is 481 g/mol. The summed E-state index contributed by atoms with van der Waals surface area (Å²) in [7, 11) is 1.42. The van der Waals surface area contributed by atoms with Crippen LogP contribution in [0.15, 0.2) is 48.5 Å². The van der Waals surface area contributed by atoms with Crippen LogP contribution in [-0.4, -0.2) is 65.9 Å². The lowest BCUT2D eigenvalue weighted by atomic mass is 9.94. The highest BCUT2D eigenvalue weighted by Gasteiger charge is 2.50. The molecule has 0 saturated carbocycles. The Hall–Kier alpha value is -3.39. The van der Waals surface area contributed by atoms with Crippen LogP contribution < -0.4 is 5.32 Å². The molecule has 1 heterocycles. The highest BCUT2D eigenvalue weighted by Crippen LogP contribution is 2.44. The molecule has 0 radical (unpaired) electrons. The number of fused-ring (bicyclic) bond motifs is 3. The largest absolute Gasteiger partial charge is 0.479 e. The third kappa shape index (κ3) is 4.75. The van der Waals surface area contributed by atoms with Gasteiger partial charge in [0.15, 0.2) is 5.54 Å². The molecule has 1 aliphatic carbocycles. The molecule has 8 heteroatoms. The van der Waals surface area contributed by atoms with Crippen molar-refractivity contribution in [2.75, 3.05) is 26.9 Å². The smallest absolute Gasteiger partial charge is 0.407 e. The second-order valence-corrected chi connectivity index (χ2v) is 9.93. The minimum absolute atomic E-state index is 0.0596. The number of carbonyl (C=O) groups excluding carboxylic acids is 2. The molecular formula is C27H32N2O6. The van der Waals surface area contributed by atoms with E-state index in [1.165, 1.54) is 12.0 Å². The van der Waals surface area contributed by atoms with Crippen LogP contribution in [-0.2, 0) is 19.1 Å². The standard InChI is InChI=1S/C27H32N2O6/c1-26(2,15-23(30)29-14-8-13-27(29,17-34-3)24(31)32)28-25(33)35-16-22-20-11-6-4-9-18(20)19-10-5-7-12-21(19)22/h4-7,9-12,22H,8,13-17H2,1-3H3,(H,28,33)(H,31,32). The number of nitrogens with zero attached hydrogens (tertiary/aromatic N) is 1. The number of methoxy groups -OCH3 is 1. The van der Waals surface area contributed by atoms with Crippen LogP contribution in [0.25, 0.3) is 11.1 Å². The predicted molar refractivity (Wildman–Crippen MR) is 130 cm³/mol. The number of carboxylic acid groups (broad SMARTS) is 1. The quantitative estimate of drug-likeness (QED) is 0.596. The van der Waals surface area contributed by atoms with Crippen molar-refractivity contribution < 1.29 is 29.0 Å². The molecule has 8 nitrogen and oxygen atoms in total. The maximum Gasteiger partial charge on any atom is 0.407 e. The summed E-state index contributed by atoms with van der Waals surface area (Å²) in [4.78, 5) is 39.2. The van der Waals surface area contributed by atoms with Gasteiger partial charge < -0.3 is 24.8 Å². The fourth-order valence-corrected chi connectivity index (χ4v) is 5.34. The van der Waals surface area contributed by atoms with E-state index in [-0.39, 0.29) is 31.5 Å². The molecular weight excluding hydrogens is 448 g/mol. The number of rotatable bonds is 8. The Kier molecular flexibility index (Phi) is 6.85. The van der Waals surface area contributed by atoms with Gasteiger partial charge in [0, 0.05) is 31.5 Å². The first-order valence-corrected chi connectivity index (χ1v) is 11.8. The zero-order valence-electron chi connectivity index (χ0n) is 20.4. The molecule has 0 bridgehead atoms. The van der Waals surface area contributed by atoms with Gasteiger partial charge in [-0.1, -0.05) is 48.5 Å². The summed E-state index contributed by atoms with van der Waals surface area (Å²) in [5.41, 5.74) is 2.23. The van der Waals surface area contributed by atoms with E-state index in [4.69, 9.17) is 9.47 Å². The minimum atomic E-state index is -1.37. The SMILES string of the molecule is COCC1(C(=O)O)CCCN1C(=O)CC(C)(C)NC(=O)OCC1c2ccccc2-c2ccccc21. The molecule has 4 rings (SSSR count). The number of alkyl carbamates (subject to hydrolysis) is 1. The molecule has 0 aromatic heterocycles. The van der Waals surface area contributed by atoms with Crippen molar-refractivity contribution in [3.8, 4) is 11.1 Å². The highest BCUT2D eigenvalue weighted by atomic mass is 16.5. The maximum atomic E-state index is 13.1. The van der Waals surface area contributed by atoms with Crippen molar-refractivity contribution >= 4 is 18.0 Å². The predicted octanol–water partition coefficient (Wildman–Crippen LogP) is 3.79. The number of hydrogen-bond donors (Lipinski definition) is 2. The molecule has 2 aromatic carbocycles. The first-order valence-electron chi connectivity index (χ1n) is 11.8. The van der Waals surface area contributed by atoms with E-state index in [9.17, 15) is 19.5 Å². The topological polar surface area (TPSA) is 105 Å². The molecule has 186 valence electrons. The number of benzene rings is 2. The summed E-state index contributed by atoms with van der Waals surface area (Å²) in [5, 5.41) is 12.6. The number of carboxylic acids is 1. The molecule has 1 fully saturated rings. The summed E-state index contributed by atoms with van der Waals surface area (Å²) in [6, 6.07) is 16.2. The zero-order valence-corrected chi connectivity index (χ0v) is 20.4. The molecule has 2 amide bonds. The summed E-state index contributed by atoms with van der Waals surface area (Å²) in [5.74, 6) is -1.48. The van der Waals surface area contributed by atoms with Crippen LogP contribution in [0.1, 0.15) is 50.2 Å². The second-order valence-electron chi connectivity index (χ2n) is 9.93. The monoisotopic (exact) mass is 480 g/mol. The molecule has 2 aromatic rings. The zero-order chi connectivity index (χ0) is 25.2. The van der Waals surface area contributed by atoms with Crippen LogP contribution in [0, 0.1) is 0 Å². The van der Waals surface area contributed by atoms with Gasteiger partial charge in [0.25, 0.3) is 0 Å². The highest BCUT2D eigenvalue weighted by molar-refractivity contribution is 5.88. The lowest BCUT2D eigenvalue weighted by Crippen LogP contribution is -2.58. The molecule has 0 spiro atoms. The lowest BCUT2D eigenvalue weighted by molar-refractivity contribution is -0.160. The number of likely N-dealkylation sites (tertiary alicyclic amines) is 1. The van der Waals surface area contributed by atoms with E-state index in [2.05, 4.69) is 29.6 Å². The number of nitrogens with one attached hydrogen (secondary N) is 1. The van der Waals surface area contributed by atoms with E-state index in [0.29, 0.717) is 19.4 Å². The van der Waals surface area contributed by atoms with Crippen molar-refractivity contribution in [3.05, 3.63) is 59.7 Å². The van der Waals surface area contributed by atoms with E-state index in [0.717, 1.165) is 22.3 Å². The van der Waals surface area contributed by atoms with Crippen LogP contribution in [0.2, 0.25) is 0 Å². The third-order valence-electron chi connectivity index (χ3n) is 6.95. The number of aliphatic carboxylic acids is 1. The molecule has 1 unspecified atom stereocenters. The number of amides is 2. The summed E-state index contributed by atoms with van der Waals surface area (Å²) in [6.07, 6.45) is 0.243. The van der Waals surface area contributed by atoms with Gasteiger partial charge in [0.05, 0.1) is 6.61 Å². The minimum Gasteiger partial charge on any atom is -0.479 e. The van der Waals surface area contributed by atoms with Gasteiger partial charge >= 0.3 is 12.1 Å². The molecule has 1 saturated heterocycles. The first kappa shape index (κ1) is 24.7. The Labute approximate surface area is 205 Å². The molecule has 2 aliphatic rings. The van der Waals surface area contributed by atoms with Crippen molar-refractivity contribution in [2.24, 2.45) is 0 Å². The second kappa shape index (κ2) is 9.70. The van der Waals surface area contributed by atoms with Gasteiger partial charge in [-0.25, -0.2) is 9.59 Å². The first-order chi connectivity index (χ1) is 16.7. The van der Waals surface area contributed by atoms with Crippen molar-refractivity contribution in [1.29, 1.82) is 0 Å². The van der Waals surface area contributed by atoms with Crippen LogP contribution in [0.4, 0.5) is 4.79 Å². The van der Waals surface area contributed by atoms with E-state index < -0.39 is 23.1 Å². The summed E-state index contributed by atoms with van der Waals surface area (Å²) < 4.78 is 10.7. The van der Waals surface area contributed by atoms with Gasteiger partial charge in [-0.3, -0.25) is 4.79 Å². The van der Waals surface area contributed by atoms with Crippen LogP contribution >= 0.6 is 0 Å². The Balaban J connectivity index is 1.39. The van der Waals surface area contributed by atoms with Gasteiger partial charge in [-0.15, -0.1) is 0 Å². The van der Waals surface area contributed by atoms with Gasteiger partial charge in [0.2, 0.25) is 5.91 Å². The Morgan fingerprint density at radius 2 is 1.69 bits per heavy atom. The fourth-order valence-electron chi connectivity index (χ4n) is 5.34. The summed E-state index contributed by atoms with van der Waals surface area (Å²) >= 11 is 0. The molecule has 2 N–H and O–H groups in total. The Bertz CT molecular complexity index is 1080. The number of hydrogen-bond acceptors (Lipinski definition) is 5. The van der Waals surface area contributed by atoms with Crippen molar-refractivity contribution in [1.82, 2.24) is 10.2 Å². The third-order valence-corrected chi connectivity index (χ3v) is 6.95. The van der Waals surface area contributed by atoms with Gasteiger partial charge in [-0.05, 0) is 48.9 Å². The fraction of sp³-hybridized carbons (Fsp3) is 0.444. The maximum absolute atomic E-state index is 13.1. The normalized spacial score (nSPS) is 19.2. The lowest BCUT2D eigenvalue weighted by Gasteiger charge is -2.36. The van der Waals surface area contributed by atoms with Gasteiger partial charge in [-0.2, -0.15) is 0 Å². The molecule has 35 heavy (non-hydrogen) atoms.